The average Bonchev–Trinajstić information content (AvgIpc) is 3.21. The monoisotopic (exact) mass is 912 g/mol. The van der Waals surface area contributed by atoms with Crippen LogP contribution in [0.15, 0.2) is 4.99 Å². The standard InChI is InChI=1S/C38H69N15O11/c1-21(2)13-26(36(63)49-20-33(60)53-27(14-22(3)4)37(64)48-19-32(59)51-25(34(41)61)10-6-7-11-39)52-31(58)18-46-29(56)16-44-28(55)15-45-30(57)17-47-35(62)24(40)9-8-12-43-38(42)50-23(5)54/h21-22,24-27H,6-20,39-40H2,1-5H3,(H2,41,61)(H,44,55)(H,45,57)(H,46,56)(H,47,62)(H,48,64)(H,49,63)(H,51,59)(H,52,58)(H,53,60)(H3,42,43,50,54)/t24-,25-,26-,27-/m0/s1. The van der Waals surface area contributed by atoms with Crippen molar-refractivity contribution in [1.29, 1.82) is 0 Å². The largest absolute Gasteiger partial charge is 0.370 e. The summed E-state index contributed by atoms with van der Waals surface area (Å²) in [6.07, 6.45) is 2.39. The predicted molar refractivity (Wildman–Crippen MR) is 232 cm³/mol. The highest BCUT2D eigenvalue weighted by Gasteiger charge is 2.26. The van der Waals surface area contributed by atoms with E-state index in [-0.39, 0.29) is 55.9 Å². The van der Waals surface area contributed by atoms with E-state index in [2.05, 4.69) is 58.2 Å². The molecule has 0 aromatic rings. The van der Waals surface area contributed by atoms with Crippen LogP contribution in [0.3, 0.4) is 0 Å². The van der Waals surface area contributed by atoms with Crippen molar-refractivity contribution in [3.05, 3.63) is 0 Å². The van der Waals surface area contributed by atoms with Gasteiger partial charge in [0.1, 0.15) is 18.1 Å². The molecule has 0 aliphatic carbocycles. The molecule has 18 N–H and O–H groups in total. The van der Waals surface area contributed by atoms with Gasteiger partial charge in [0, 0.05) is 13.5 Å². The number of guanidine groups is 1. The molecule has 0 bridgehead atoms. The molecular weight excluding hydrogens is 843 g/mol. The van der Waals surface area contributed by atoms with Gasteiger partial charge in [-0.05, 0) is 63.3 Å². The molecule has 26 nitrogen and oxygen atoms in total. The van der Waals surface area contributed by atoms with Gasteiger partial charge in [-0.25, -0.2) is 0 Å². The lowest BCUT2D eigenvalue weighted by molar-refractivity contribution is -0.132. The second-order valence-corrected chi connectivity index (χ2v) is 15.5. The van der Waals surface area contributed by atoms with E-state index in [4.69, 9.17) is 22.9 Å². The van der Waals surface area contributed by atoms with Crippen LogP contribution in [-0.4, -0.2) is 147 Å². The molecule has 0 saturated heterocycles. The Bertz CT molecular complexity index is 1640. The van der Waals surface area contributed by atoms with Gasteiger partial charge in [-0.15, -0.1) is 0 Å². The summed E-state index contributed by atoms with van der Waals surface area (Å²) in [6, 6.07) is -4.09. The lowest BCUT2D eigenvalue weighted by atomic mass is 10.0. The van der Waals surface area contributed by atoms with Crippen molar-refractivity contribution in [2.24, 2.45) is 39.8 Å². The van der Waals surface area contributed by atoms with Crippen LogP contribution in [0.2, 0.25) is 0 Å². The Hall–Kier alpha value is -6.44. The molecule has 64 heavy (non-hydrogen) atoms. The molecule has 0 heterocycles. The van der Waals surface area contributed by atoms with Crippen LogP contribution in [0, 0.1) is 11.8 Å². The third kappa shape index (κ3) is 29.0. The second kappa shape index (κ2) is 32.3. The third-order valence-electron chi connectivity index (χ3n) is 8.55. The van der Waals surface area contributed by atoms with Gasteiger partial charge < -0.3 is 70.8 Å². The molecule has 26 heteroatoms. The summed E-state index contributed by atoms with van der Waals surface area (Å²) in [4.78, 5) is 139. The topological polar surface area (TPSA) is 425 Å². The number of unbranched alkanes of at least 4 members (excludes halogenated alkanes) is 1. The summed E-state index contributed by atoms with van der Waals surface area (Å²) in [5, 5.41) is 23.8. The van der Waals surface area contributed by atoms with E-state index < -0.39 is 123 Å². The van der Waals surface area contributed by atoms with Crippen LogP contribution in [0.4, 0.5) is 0 Å². The summed E-state index contributed by atoms with van der Waals surface area (Å²) in [5.41, 5.74) is 22.1. The molecule has 0 aromatic carbocycles. The first-order valence-electron chi connectivity index (χ1n) is 20.9. The highest BCUT2D eigenvalue weighted by molar-refractivity contribution is 5.96. The molecule has 0 saturated carbocycles. The van der Waals surface area contributed by atoms with Crippen molar-refractivity contribution >= 4 is 70.9 Å². The molecule has 0 aromatic heterocycles. The first kappa shape index (κ1) is 57.6. The first-order chi connectivity index (χ1) is 30.0. The van der Waals surface area contributed by atoms with E-state index >= 15 is 0 Å². The maximum atomic E-state index is 13.1. The van der Waals surface area contributed by atoms with Crippen LogP contribution >= 0.6 is 0 Å². The van der Waals surface area contributed by atoms with Crippen LogP contribution in [-0.2, 0) is 52.7 Å². The fraction of sp³-hybridized carbons (Fsp3) is 0.684. The van der Waals surface area contributed by atoms with Crippen LogP contribution in [0.25, 0.3) is 0 Å². The van der Waals surface area contributed by atoms with Crippen molar-refractivity contribution in [2.45, 2.75) is 104 Å². The number of rotatable bonds is 31. The van der Waals surface area contributed by atoms with Gasteiger partial charge in [0.15, 0.2) is 5.96 Å². The molecule has 0 fully saturated rings. The van der Waals surface area contributed by atoms with E-state index in [1.54, 1.807) is 13.8 Å². The zero-order valence-corrected chi connectivity index (χ0v) is 37.3. The molecule has 0 radical (unpaired) electrons. The Morgan fingerprint density at radius 1 is 0.500 bits per heavy atom. The molecular formula is C38H69N15O11. The zero-order valence-electron chi connectivity index (χ0n) is 37.3. The van der Waals surface area contributed by atoms with Gasteiger partial charge in [0.2, 0.25) is 65.0 Å². The minimum Gasteiger partial charge on any atom is -0.370 e. The summed E-state index contributed by atoms with van der Waals surface area (Å²) < 4.78 is 0. The Labute approximate surface area is 372 Å². The van der Waals surface area contributed by atoms with E-state index in [0.717, 1.165) is 0 Å². The Balaban J connectivity index is 4.81. The Morgan fingerprint density at radius 3 is 1.30 bits per heavy atom. The Kier molecular flexibility index (Phi) is 29.0. The fourth-order valence-electron chi connectivity index (χ4n) is 5.39. The number of nitrogens with zero attached hydrogens (tertiary/aromatic N) is 1. The maximum absolute atomic E-state index is 13.1. The summed E-state index contributed by atoms with van der Waals surface area (Å²) in [5.74, 6) is -7.74. The highest BCUT2D eigenvalue weighted by Crippen LogP contribution is 2.07. The van der Waals surface area contributed by atoms with Crippen LogP contribution in [0.5, 0.6) is 0 Å². The van der Waals surface area contributed by atoms with Crippen molar-refractivity contribution in [3.8, 4) is 0 Å². The van der Waals surface area contributed by atoms with E-state index in [9.17, 15) is 52.7 Å². The third-order valence-corrected chi connectivity index (χ3v) is 8.55. The van der Waals surface area contributed by atoms with Gasteiger partial charge in [-0.1, -0.05) is 27.7 Å². The van der Waals surface area contributed by atoms with E-state index in [1.165, 1.54) is 6.92 Å². The lowest BCUT2D eigenvalue weighted by Crippen LogP contribution is -2.54. The van der Waals surface area contributed by atoms with Gasteiger partial charge in [0.25, 0.3) is 0 Å². The number of hydrogen-bond acceptors (Lipinski definition) is 14. The smallest absolute Gasteiger partial charge is 0.243 e. The lowest BCUT2D eigenvalue weighted by Gasteiger charge is -2.22. The van der Waals surface area contributed by atoms with Crippen molar-refractivity contribution < 1.29 is 52.7 Å². The normalized spacial score (nSPS) is 12.9. The maximum Gasteiger partial charge on any atom is 0.243 e. The predicted octanol–water partition coefficient (Wildman–Crippen LogP) is -6.60. The number of nitrogens with one attached hydrogen (secondary N) is 10. The minimum atomic E-state index is -1.12. The Morgan fingerprint density at radius 2 is 0.891 bits per heavy atom. The first-order valence-corrected chi connectivity index (χ1v) is 20.9. The molecule has 0 aliphatic heterocycles. The molecule has 0 spiro atoms. The van der Waals surface area contributed by atoms with Crippen molar-refractivity contribution in [2.75, 3.05) is 52.4 Å². The van der Waals surface area contributed by atoms with Gasteiger partial charge in [-0.2, -0.15) is 0 Å². The summed E-state index contributed by atoms with van der Waals surface area (Å²) >= 11 is 0. The molecule has 11 amide bonds. The quantitative estimate of drug-likeness (QED) is 0.0175. The SMILES string of the molecule is CC(=O)NC(N)=NCCC[C@H](N)C(=O)NCC(=O)NCC(=O)NCC(=O)NCC(=O)N[C@@H](CC(C)C)C(=O)NCC(=O)N[C@@H](CC(C)C)C(=O)NCC(=O)N[C@@H](CCCCN)C(N)=O. The van der Waals surface area contributed by atoms with E-state index in [0.29, 0.717) is 25.8 Å². The molecule has 0 aliphatic rings. The number of primary amides is 1. The summed E-state index contributed by atoms with van der Waals surface area (Å²) in [7, 11) is 0. The van der Waals surface area contributed by atoms with Gasteiger partial charge >= 0.3 is 0 Å². The molecule has 0 rings (SSSR count). The second-order valence-electron chi connectivity index (χ2n) is 15.5. The van der Waals surface area contributed by atoms with Crippen molar-refractivity contribution in [3.63, 3.8) is 0 Å². The number of amides is 11. The highest BCUT2D eigenvalue weighted by atomic mass is 16.2. The number of aliphatic imine (C=N–C) groups is 1. The van der Waals surface area contributed by atoms with Crippen LogP contribution < -0.4 is 76.1 Å². The number of nitrogens with two attached hydrogens (primary N) is 4. The van der Waals surface area contributed by atoms with E-state index in [1.807, 2.05) is 13.8 Å². The fourth-order valence-corrected chi connectivity index (χ4v) is 5.39. The van der Waals surface area contributed by atoms with Crippen LogP contribution in [0.1, 0.15) is 79.6 Å². The number of carbonyl (C=O) groups is 11. The zero-order chi connectivity index (χ0) is 48.8. The molecule has 362 valence electrons. The average molecular weight is 912 g/mol. The number of hydrogen-bond donors (Lipinski definition) is 14. The minimum absolute atomic E-state index is 0.0649. The number of carbonyl (C=O) groups excluding carboxylic acids is 11. The van der Waals surface area contributed by atoms with Crippen molar-refractivity contribution in [1.82, 2.24) is 53.2 Å². The molecule has 4 atom stereocenters. The molecule has 0 unspecified atom stereocenters. The summed E-state index contributed by atoms with van der Waals surface area (Å²) in [6.45, 7) is 5.88. The van der Waals surface area contributed by atoms with Gasteiger partial charge in [0.05, 0.1) is 45.3 Å². The van der Waals surface area contributed by atoms with Gasteiger partial charge in [-0.3, -0.25) is 63.0 Å².